The van der Waals surface area contributed by atoms with Crippen LogP contribution in [-0.2, 0) is 0 Å². The van der Waals surface area contributed by atoms with Gasteiger partial charge in [0.25, 0.3) is 35.7 Å². The summed E-state index contributed by atoms with van der Waals surface area (Å²) < 4.78 is 7.54. The lowest BCUT2D eigenvalue weighted by Crippen LogP contribution is -2.61. The fraction of sp³-hybridized carbons (Fsp3) is 0. The molecule has 4 aliphatic rings. The molecule has 14 aromatic rings. The molecular weight excluding hydrogens is 910 g/mol. The summed E-state index contributed by atoms with van der Waals surface area (Å²) in [6, 6.07) is 65.2. The number of para-hydroxylation sites is 3. The summed E-state index contributed by atoms with van der Waals surface area (Å²) in [5.41, 5.74) is 13.9. The molecule has 0 amide bonds. The van der Waals surface area contributed by atoms with E-state index in [1.165, 1.54) is 0 Å². The van der Waals surface area contributed by atoms with E-state index >= 15 is 9.59 Å². The fourth-order valence-corrected chi connectivity index (χ4v) is 14.3. The van der Waals surface area contributed by atoms with Crippen molar-refractivity contribution in [2.24, 2.45) is 0 Å². The van der Waals surface area contributed by atoms with E-state index in [2.05, 4.69) is 72.8 Å². The number of benzene rings is 10. The molecule has 0 saturated heterocycles. The van der Waals surface area contributed by atoms with Crippen molar-refractivity contribution in [2.75, 3.05) is 0 Å². The van der Waals surface area contributed by atoms with E-state index in [0.29, 0.717) is 21.5 Å². The predicted molar refractivity (Wildman–Crippen MR) is 304 cm³/mol. The van der Waals surface area contributed by atoms with Gasteiger partial charge in [-0.25, -0.2) is 0 Å². The lowest BCUT2D eigenvalue weighted by molar-refractivity contribution is 1.04. The van der Waals surface area contributed by atoms with Crippen LogP contribution in [0.3, 0.4) is 0 Å². The molecule has 0 aliphatic carbocycles. The molecule has 0 unspecified atom stereocenters. The van der Waals surface area contributed by atoms with Crippen LogP contribution in [0.1, 0.15) is 0 Å². The average Bonchev–Trinajstić information content (AvgIpc) is 3.62. The molecule has 4 aliphatic heterocycles. The summed E-state index contributed by atoms with van der Waals surface area (Å²) in [5.74, 6) is 0. The Morgan fingerprint density at radius 2 is 0.635 bits per heavy atom. The summed E-state index contributed by atoms with van der Waals surface area (Å²) in [5, 5.41) is 9.77. The van der Waals surface area contributed by atoms with Gasteiger partial charge in [-0.1, -0.05) is 133 Å². The third kappa shape index (κ3) is 4.40. The minimum atomic E-state index is -0.329. The quantitative estimate of drug-likeness (QED) is 0.0972. The van der Waals surface area contributed by atoms with Gasteiger partial charge >= 0.3 is 0 Å². The summed E-state index contributed by atoms with van der Waals surface area (Å²) >= 11 is 0. The number of nitrogens with zero attached hydrogens (tertiary/aromatic N) is 4. The number of aromatic nitrogens is 4. The second-order valence-corrected chi connectivity index (χ2v) is 20.4. The van der Waals surface area contributed by atoms with E-state index < -0.39 is 0 Å². The first-order chi connectivity index (χ1) is 36.4. The van der Waals surface area contributed by atoms with Gasteiger partial charge in [-0.2, -0.15) is 0 Å². The first-order valence-electron chi connectivity index (χ1n) is 25.1. The Morgan fingerprint density at radius 3 is 1.26 bits per heavy atom. The molecule has 338 valence electrons. The van der Waals surface area contributed by atoms with Crippen molar-refractivity contribution in [3.05, 3.63) is 236 Å². The van der Waals surface area contributed by atoms with Crippen LogP contribution in [0.2, 0.25) is 0 Å². The third-order valence-electron chi connectivity index (χ3n) is 17.2. The number of rotatable bonds is 1. The van der Waals surface area contributed by atoms with Gasteiger partial charge in [0.1, 0.15) is 0 Å². The molecule has 0 fully saturated rings. The topological polar surface area (TPSA) is 88.0 Å². The van der Waals surface area contributed by atoms with Gasteiger partial charge in [-0.15, -0.1) is 0 Å². The number of pyridine rings is 4. The molecule has 0 saturated carbocycles. The van der Waals surface area contributed by atoms with Crippen LogP contribution < -0.4 is 55.0 Å². The molecule has 0 radical (unpaired) electrons. The molecule has 8 heterocycles. The van der Waals surface area contributed by atoms with E-state index in [1.54, 1.807) is 0 Å². The minimum absolute atomic E-state index is 0.0858. The molecule has 10 heteroatoms. The van der Waals surface area contributed by atoms with Gasteiger partial charge in [0.05, 0.1) is 22.1 Å². The maximum absolute atomic E-state index is 15.4. The van der Waals surface area contributed by atoms with E-state index in [0.717, 1.165) is 132 Å². The van der Waals surface area contributed by atoms with Gasteiger partial charge in [-0.05, 0) is 126 Å². The Balaban J connectivity index is 0.960. The second-order valence-electron chi connectivity index (χ2n) is 20.4. The highest BCUT2D eigenvalue weighted by atomic mass is 16.1. The molecule has 74 heavy (non-hydrogen) atoms. The summed E-state index contributed by atoms with van der Waals surface area (Å²) in [7, 11) is 0. The number of hydrogen-bond acceptors (Lipinski definition) is 4. The maximum Gasteiger partial charge on any atom is 0.263 e. The van der Waals surface area contributed by atoms with Crippen molar-refractivity contribution in [1.82, 2.24) is 18.3 Å². The molecule has 18 rings (SSSR count). The zero-order valence-electron chi connectivity index (χ0n) is 39.1. The summed E-state index contributed by atoms with van der Waals surface area (Å²) in [6.07, 6.45) is 0. The van der Waals surface area contributed by atoms with Crippen molar-refractivity contribution in [1.29, 1.82) is 0 Å². The van der Waals surface area contributed by atoms with Crippen molar-refractivity contribution < 1.29 is 0 Å². The van der Waals surface area contributed by atoms with Gasteiger partial charge in [0, 0.05) is 65.8 Å². The first kappa shape index (κ1) is 38.9. The molecular formula is C64H32B2N4O4. The van der Waals surface area contributed by atoms with Crippen molar-refractivity contribution in [2.45, 2.75) is 0 Å². The van der Waals surface area contributed by atoms with Crippen LogP contribution in [0.15, 0.2) is 213 Å². The standard InChI is InChI=1S/C64H32B2N4O4/c71-61-41-16-5-2-13-36(41)39-27-29-54-55-58(39)69(61)53-28-25-34(31-50(53)66(55)49-21-11-18-38-35-12-1-4-15-40(35)63(73)70(54)57(38)49)33-24-26-43-44(30-33)46-32-45-37-14-3-6-17-42(37)62(72)67-51-22-9-7-19-47(51)65-48-20-8-10-23-52(48)68(64(43)74)60(46)56(65)59(45)67/h1-32H. The smallest absolute Gasteiger partial charge is 0.263 e. The molecule has 0 N–H and O–H groups in total. The van der Waals surface area contributed by atoms with Gasteiger partial charge in [0.2, 0.25) is 0 Å². The van der Waals surface area contributed by atoms with Gasteiger partial charge in [-0.3, -0.25) is 37.4 Å². The Hall–Kier alpha value is -9.79. The lowest BCUT2D eigenvalue weighted by atomic mass is 9.34. The van der Waals surface area contributed by atoms with Crippen molar-refractivity contribution in [3.8, 4) is 33.9 Å². The molecule has 10 aromatic carbocycles. The SMILES string of the molecule is O=c1c2ccccc2c2cccc3c2n1-c1ccc2c4ccccc4c(=O)n4c2c1B3c1cc(-c2ccc3c(=O)n5c6c7c8c(cc6c3c2)c2ccccc2c(=O)n8-c2ccccc2B7c2ccccc2-5)ccc1-4. The van der Waals surface area contributed by atoms with E-state index in [-0.39, 0.29) is 35.7 Å². The van der Waals surface area contributed by atoms with Crippen LogP contribution >= 0.6 is 0 Å². The monoisotopic (exact) mass is 942 g/mol. The number of fused-ring (bicyclic) bond motifs is 19. The zero-order chi connectivity index (χ0) is 48.6. The predicted octanol–water partition coefficient (Wildman–Crippen LogP) is 7.47. The average molecular weight is 943 g/mol. The highest BCUT2D eigenvalue weighted by Gasteiger charge is 2.43. The maximum atomic E-state index is 15.4. The van der Waals surface area contributed by atoms with Crippen molar-refractivity contribution in [3.63, 3.8) is 0 Å². The Bertz CT molecular complexity index is 5400. The Labute approximate surface area is 418 Å². The molecule has 8 nitrogen and oxygen atoms in total. The zero-order valence-corrected chi connectivity index (χ0v) is 39.1. The van der Waals surface area contributed by atoms with E-state index in [1.807, 2.05) is 140 Å². The number of hydrogen-bond donors (Lipinski definition) is 0. The van der Waals surface area contributed by atoms with Gasteiger partial charge < -0.3 is 0 Å². The van der Waals surface area contributed by atoms with Crippen LogP contribution in [0.4, 0.5) is 0 Å². The Kier molecular flexibility index (Phi) is 6.93. The molecule has 4 aromatic heterocycles. The normalized spacial score (nSPS) is 13.3. The highest BCUT2D eigenvalue weighted by molar-refractivity contribution is 7.01. The lowest BCUT2D eigenvalue weighted by Gasteiger charge is -2.35. The van der Waals surface area contributed by atoms with Crippen LogP contribution in [-0.4, -0.2) is 31.7 Å². The largest absolute Gasteiger partial charge is 0.277 e. The van der Waals surface area contributed by atoms with E-state index in [4.69, 9.17) is 0 Å². The summed E-state index contributed by atoms with van der Waals surface area (Å²) in [6.45, 7) is -0.559. The second kappa shape index (κ2) is 13.2. The highest BCUT2D eigenvalue weighted by Crippen LogP contribution is 2.39. The summed E-state index contributed by atoms with van der Waals surface area (Å²) in [4.78, 5) is 60.2. The molecule has 0 spiro atoms. The Morgan fingerprint density at radius 1 is 0.243 bits per heavy atom. The minimum Gasteiger partial charge on any atom is -0.277 e. The third-order valence-corrected chi connectivity index (χ3v) is 17.2. The van der Waals surface area contributed by atoms with E-state index in [9.17, 15) is 9.59 Å². The van der Waals surface area contributed by atoms with Crippen molar-refractivity contribution >= 4 is 133 Å². The first-order valence-corrected chi connectivity index (χ1v) is 25.1. The van der Waals surface area contributed by atoms with Gasteiger partial charge in [0.15, 0.2) is 0 Å². The van der Waals surface area contributed by atoms with Crippen LogP contribution in [0, 0.1) is 0 Å². The van der Waals surface area contributed by atoms with Crippen LogP contribution in [0.5, 0.6) is 0 Å². The molecule has 0 bridgehead atoms. The fourth-order valence-electron chi connectivity index (χ4n) is 14.3. The molecule has 0 atom stereocenters. The van der Waals surface area contributed by atoms with Crippen LogP contribution in [0.25, 0.3) is 121 Å².